The van der Waals surface area contributed by atoms with Crippen LogP contribution in [0.4, 0.5) is 0 Å². The van der Waals surface area contributed by atoms with Crippen LogP contribution in [0.15, 0.2) is 35.3 Å². The molecule has 0 saturated heterocycles. The molecule has 0 amide bonds. The zero-order valence-corrected chi connectivity index (χ0v) is 16.2. The summed E-state index contributed by atoms with van der Waals surface area (Å²) in [5.41, 5.74) is 1.12. The molecule has 1 aromatic carbocycles. The molecule has 1 aliphatic rings. The Kier molecular flexibility index (Phi) is 6.52. The summed E-state index contributed by atoms with van der Waals surface area (Å²) in [5.74, 6) is 2.39. The van der Waals surface area contributed by atoms with Crippen molar-refractivity contribution in [3.63, 3.8) is 0 Å². The van der Waals surface area contributed by atoms with Crippen LogP contribution in [0, 0.1) is 6.92 Å². The standard InChI is InChI=1S/C16H19N3O2S.HI/c1-11-3-5-13(22-11)9-19-16(17-2)18-8-12-4-6-14-15(7-12)21-10-20-14;/h3-7H,8-10H2,1-2H3,(H2,17,18,19);1H. The lowest BCUT2D eigenvalue weighted by atomic mass is 10.2. The second-order valence-electron chi connectivity index (χ2n) is 4.98. The highest BCUT2D eigenvalue weighted by atomic mass is 127. The van der Waals surface area contributed by atoms with E-state index in [1.54, 1.807) is 18.4 Å². The van der Waals surface area contributed by atoms with Crippen molar-refractivity contribution in [1.29, 1.82) is 0 Å². The van der Waals surface area contributed by atoms with E-state index in [9.17, 15) is 0 Å². The summed E-state index contributed by atoms with van der Waals surface area (Å²) >= 11 is 1.79. The molecule has 0 spiro atoms. The molecule has 124 valence electrons. The second kappa shape index (κ2) is 8.39. The fourth-order valence-corrected chi connectivity index (χ4v) is 3.04. The number of benzene rings is 1. The Bertz CT molecular complexity index is 688. The molecule has 0 saturated carbocycles. The first kappa shape index (κ1) is 17.9. The number of ether oxygens (including phenoxy) is 2. The molecule has 0 fully saturated rings. The van der Waals surface area contributed by atoms with Crippen molar-refractivity contribution in [1.82, 2.24) is 10.6 Å². The first-order chi connectivity index (χ1) is 10.7. The first-order valence-electron chi connectivity index (χ1n) is 7.13. The summed E-state index contributed by atoms with van der Waals surface area (Å²) in [5, 5.41) is 6.62. The highest BCUT2D eigenvalue weighted by Crippen LogP contribution is 2.32. The van der Waals surface area contributed by atoms with E-state index in [0.717, 1.165) is 29.6 Å². The van der Waals surface area contributed by atoms with Crippen LogP contribution in [-0.2, 0) is 13.1 Å². The third-order valence-corrected chi connectivity index (χ3v) is 4.35. The largest absolute Gasteiger partial charge is 0.454 e. The topological polar surface area (TPSA) is 54.9 Å². The van der Waals surface area contributed by atoms with Gasteiger partial charge in [-0.1, -0.05) is 6.07 Å². The summed E-state index contributed by atoms with van der Waals surface area (Å²) in [7, 11) is 1.77. The van der Waals surface area contributed by atoms with Crippen LogP contribution in [-0.4, -0.2) is 19.8 Å². The molecular weight excluding hydrogens is 425 g/mol. The minimum atomic E-state index is 0. The number of thiophene rings is 1. The number of nitrogens with one attached hydrogen (secondary N) is 2. The van der Waals surface area contributed by atoms with Gasteiger partial charge in [-0.2, -0.15) is 0 Å². The van der Waals surface area contributed by atoms with E-state index in [4.69, 9.17) is 9.47 Å². The molecule has 0 aliphatic carbocycles. The Hall–Kier alpha value is -1.48. The highest BCUT2D eigenvalue weighted by molar-refractivity contribution is 14.0. The van der Waals surface area contributed by atoms with Crippen LogP contribution in [0.1, 0.15) is 15.3 Å². The molecule has 0 unspecified atom stereocenters. The normalized spacial score (nSPS) is 12.7. The van der Waals surface area contributed by atoms with Gasteiger partial charge in [0, 0.05) is 23.3 Å². The van der Waals surface area contributed by atoms with Gasteiger partial charge in [0.1, 0.15) is 0 Å². The van der Waals surface area contributed by atoms with Gasteiger partial charge in [-0.05, 0) is 36.8 Å². The van der Waals surface area contributed by atoms with Crippen LogP contribution in [0.5, 0.6) is 11.5 Å². The molecule has 1 aliphatic heterocycles. The number of halogens is 1. The van der Waals surface area contributed by atoms with Gasteiger partial charge in [0.05, 0.1) is 6.54 Å². The van der Waals surface area contributed by atoms with Crippen molar-refractivity contribution < 1.29 is 9.47 Å². The van der Waals surface area contributed by atoms with Gasteiger partial charge >= 0.3 is 0 Å². The molecule has 0 radical (unpaired) electrons. The van der Waals surface area contributed by atoms with E-state index in [1.165, 1.54) is 9.75 Å². The predicted molar refractivity (Wildman–Crippen MR) is 104 cm³/mol. The Morgan fingerprint density at radius 2 is 1.91 bits per heavy atom. The molecule has 2 N–H and O–H groups in total. The number of guanidine groups is 1. The zero-order valence-electron chi connectivity index (χ0n) is 13.1. The summed E-state index contributed by atoms with van der Waals surface area (Å²) < 4.78 is 10.7. The predicted octanol–water partition coefficient (Wildman–Crippen LogP) is 3.27. The molecule has 2 heterocycles. The Morgan fingerprint density at radius 3 is 2.65 bits per heavy atom. The van der Waals surface area contributed by atoms with Gasteiger partial charge in [0.2, 0.25) is 6.79 Å². The number of hydrogen-bond donors (Lipinski definition) is 2. The fourth-order valence-electron chi connectivity index (χ4n) is 2.21. The van der Waals surface area contributed by atoms with E-state index < -0.39 is 0 Å². The Morgan fingerprint density at radius 1 is 1.13 bits per heavy atom. The molecule has 3 rings (SSSR count). The third kappa shape index (κ3) is 4.74. The summed E-state index contributed by atoms with van der Waals surface area (Å²) in [6.45, 7) is 3.87. The lowest BCUT2D eigenvalue weighted by molar-refractivity contribution is 0.174. The minimum absolute atomic E-state index is 0. The van der Waals surface area contributed by atoms with Crippen molar-refractivity contribution >= 4 is 41.3 Å². The molecule has 0 bridgehead atoms. The molecular formula is C16H20IN3O2S. The molecule has 23 heavy (non-hydrogen) atoms. The smallest absolute Gasteiger partial charge is 0.231 e. The quantitative estimate of drug-likeness (QED) is 0.431. The van der Waals surface area contributed by atoms with Crippen molar-refractivity contribution in [2.45, 2.75) is 20.0 Å². The molecule has 5 nitrogen and oxygen atoms in total. The average molecular weight is 445 g/mol. The van der Waals surface area contributed by atoms with Crippen molar-refractivity contribution in [3.8, 4) is 11.5 Å². The van der Waals surface area contributed by atoms with Crippen molar-refractivity contribution in [2.24, 2.45) is 4.99 Å². The minimum Gasteiger partial charge on any atom is -0.454 e. The van der Waals surface area contributed by atoms with Gasteiger partial charge in [-0.15, -0.1) is 35.3 Å². The van der Waals surface area contributed by atoms with E-state index in [0.29, 0.717) is 13.3 Å². The van der Waals surface area contributed by atoms with Crippen LogP contribution in [0.25, 0.3) is 0 Å². The van der Waals surface area contributed by atoms with E-state index in [1.807, 2.05) is 18.2 Å². The van der Waals surface area contributed by atoms with Gasteiger partial charge in [-0.25, -0.2) is 0 Å². The molecule has 2 aromatic rings. The van der Waals surface area contributed by atoms with Crippen molar-refractivity contribution in [3.05, 3.63) is 45.6 Å². The van der Waals surface area contributed by atoms with Gasteiger partial charge in [0.15, 0.2) is 17.5 Å². The maximum absolute atomic E-state index is 5.39. The number of rotatable bonds is 4. The number of aryl methyl sites for hydroxylation is 1. The maximum atomic E-state index is 5.39. The van der Waals surface area contributed by atoms with Crippen LogP contribution in [0.3, 0.4) is 0 Å². The van der Waals surface area contributed by atoms with E-state index in [-0.39, 0.29) is 24.0 Å². The van der Waals surface area contributed by atoms with E-state index >= 15 is 0 Å². The van der Waals surface area contributed by atoms with Gasteiger partial charge < -0.3 is 20.1 Å². The summed E-state index contributed by atoms with van der Waals surface area (Å²) in [4.78, 5) is 6.86. The Balaban J connectivity index is 0.00000192. The maximum Gasteiger partial charge on any atom is 0.231 e. The summed E-state index contributed by atoms with van der Waals surface area (Å²) in [6, 6.07) is 10.2. The lowest BCUT2D eigenvalue weighted by Gasteiger charge is -2.11. The number of aliphatic imine (C=N–C) groups is 1. The monoisotopic (exact) mass is 445 g/mol. The van der Waals surface area contributed by atoms with Crippen LogP contribution in [0.2, 0.25) is 0 Å². The Labute approximate surface area is 157 Å². The fraction of sp³-hybridized carbons (Fsp3) is 0.312. The average Bonchev–Trinajstić information content (AvgIpc) is 3.15. The van der Waals surface area contributed by atoms with Crippen molar-refractivity contribution in [2.75, 3.05) is 13.8 Å². The number of hydrogen-bond acceptors (Lipinski definition) is 4. The molecule has 7 heteroatoms. The van der Waals surface area contributed by atoms with Crippen LogP contribution < -0.4 is 20.1 Å². The first-order valence-corrected chi connectivity index (χ1v) is 7.94. The number of nitrogens with zero attached hydrogens (tertiary/aromatic N) is 1. The molecule has 1 aromatic heterocycles. The highest BCUT2D eigenvalue weighted by Gasteiger charge is 2.13. The summed E-state index contributed by atoms with van der Waals surface area (Å²) in [6.07, 6.45) is 0. The van der Waals surface area contributed by atoms with Gasteiger partial charge in [0.25, 0.3) is 0 Å². The zero-order chi connectivity index (χ0) is 15.4. The second-order valence-corrected chi connectivity index (χ2v) is 6.35. The number of fused-ring (bicyclic) bond motifs is 1. The third-order valence-electron chi connectivity index (χ3n) is 3.35. The lowest BCUT2D eigenvalue weighted by Crippen LogP contribution is -2.36. The van der Waals surface area contributed by atoms with E-state index in [2.05, 4.69) is 34.7 Å². The SMILES string of the molecule is CN=C(NCc1ccc2c(c1)OCO2)NCc1ccc(C)s1.I. The molecule has 0 atom stereocenters. The van der Waals surface area contributed by atoms with Crippen LogP contribution >= 0.6 is 35.3 Å². The van der Waals surface area contributed by atoms with Gasteiger partial charge in [-0.3, -0.25) is 4.99 Å².